The molecule has 0 radical (unpaired) electrons. The molecule has 0 atom stereocenters. The number of benzene rings is 1. The number of aryl methyl sites for hydroxylation is 1. The Morgan fingerprint density at radius 2 is 2.17 bits per heavy atom. The van der Waals surface area contributed by atoms with E-state index in [1.54, 1.807) is 13.1 Å². The SMILES string of the molecule is COc1ccc2c(cc(C(=O)O)n2C)c1[N+](=O)[O-]. The summed E-state index contributed by atoms with van der Waals surface area (Å²) in [5.41, 5.74) is 0.236. The Bertz CT molecular complexity index is 659. The number of carboxylic acids is 1. The molecule has 94 valence electrons. The standard InChI is InChI=1S/C11H10N2O5/c1-12-7-3-4-9(18-2)10(13(16)17)6(7)5-8(12)11(14)15/h3-5H,1-2H3,(H,14,15). The van der Waals surface area contributed by atoms with E-state index in [-0.39, 0.29) is 22.5 Å². The number of rotatable bonds is 3. The van der Waals surface area contributed by atoms with Crippen molar-refractivity contribution in [3.63, 3.8) is 0 Å². The van der Waals surface area contributed by atoms with E-state index in [0.29, 0.717) is 5.52 Å². The van der Waals surface area contributed by atoms with Gasteiger partial charge in [0.2, 0.25) is 0 Å². The van der Waals surface area contributed by atoms with Gasteiger partial charge in [-0.25, -0.2) is 4.79 Å². The van der Waals surface area contributed by atoms with E-state index in [9.17, 15) is 14.9 Å². The van der Waals surface area contributed by atoms with Crippen LogP contribution in [0.2, 0.25) is 0 Å². The van der Waals surface area contributed by atoms with Crippen LogP contribution in [0.25, 0.3) is 10.9 Å². The van der Waals surface area contributed by atoms with Gasteiger partial charge in [0.05, 0.1) is 22.9 Å². The van der Waals surface area contributed by atoms with E-state index in [1.165, 1.54) is 23.8 Å². The molecule has 1 heterocycles. The van der Waals surface area contributed by atoms with Crippen molar-refractivity contribution in [2.24, 2.45) is 7.05 Å². The molecule has 1 aromatic carbocycles. The average molecular weight is 250 g/mol. The van der Waals surface area contributed by atoms with Gasteiger partial charge in [-0.05, 0) is 18.2 Å². The fourth-order valence-corrected chi connectivity index (χ4v) is 1.93. The highest BCUT2D eigenvalue weighted by Gasteiger charge is 2.24. The first-order valence-corrected chi connectivity index (χ1v) is 5.01. The fraction of sp³-hybridized carbons (Fsp3) is 0.182. The minimum Gasteiger partial charge on any atom is -0.490 e. The molecule has 0 aliphatic rings. The number of hydrogen-bond donors (Lipinski definition) is 1. The highest BCUT2D eigenvalue weighted by atomic mass is 16.6. The molecule has 0 aliphatic carbocycles. The smallest absolute Gasteiger partial charge is 0.352 e. The molecule has 0 aliphatic heterocycles. The Kier molecular flexibility index (Phi) is 2.66. The van der Waals surface area contributed by atoms with E-state index >= 15 is 0 Å². The number of hydrogen-bond acceptors (Lipinski definition) is 4. The summed E-state index contributed by atoms with van der Waals surface area (Å²) < 4.78 is 6.32. The van der Waals surface area contributed by atoms with Crippen molar-refractivity contribution >= 4 is 22.6 Å². The lowest BCUT2D eigenvalue weighted by Gasteiger charge is -2.03. The summed E-state index contributed by atoms with van der Waals surface area (Å²) in [6.07, 6.45) is 0. The second-order valence-electron chi connectivity index (χ2n) is 3.70. The molecule has 2 aromatic rings. The Balaban J connectivity index is 2.89. The maximum atomic E-state index is 11.1. The minimum absolute atomic E-state index is 0.0126. The summed E-state index contributed by atoms with van der Waals surface area (Å²) in [5, 5.41) is 20.3. The summed E-state index contributed by atoms with van der Waals surface area (Å²) in [6.45, 7) is 0. The van der Waals surface area contributed by atoms with Gasteiger partial charge in [0.15, 0.2) is 5.75 Å². The van der Waals surface area contributed by atoms with E-state index in [2.05, 4.69) is 0 Å². The molecular formula is C11H10N2O5. The molecule has 0 bridgehead atoms. The molecule has 18 heavy (non-hydrogen) atoms. The highest BCUT2D eigenvalue weighted by molar-refractivity contribution is 5.99. The third-order valence-electron chi connectivity index (χ3n) is 2.78. The summed E-state index contributed by atoms with van der Waals surface area (Å²) in [7, 11) is 2.87. The van der Waals surface area contributed by atoms with Gasteiger partial charge >= 0.3 is 11.7 Å². The molecule has 0 amide bonds. The van der Waals surface area contributed by atoms with Gasteiger partial charge in [0.1, 0.15) is 5.69 Å². The van der Waals surface area contributed by atoms with Gasteiger partial charge in [-0.1, -0.05) is 0 Å². The minimum atomic E-state index is -1.14. The number of nitro benzene ring substituents is 1. The van der Waals surface area contributed by atoms with Gasteiger partial charge in [0, 0.05) is 7.05 Å². The van der Waals surface area contributed by atoms with E-state index in [0.717, 1.165) is 0 Å². The predicted octanol–water partition coefficient (Wildman–Crippen LogP) is 1.79. The number of carbonyl (C=O) groups is 1. The monoisotopic (exact) mass is 250 g/mol. The number of carboxylic acid groups (broad SMARTS) is 1. The van der Waals surface area contributed by atoms with Crippen molar-refractivity contribution in [1.82, 2.24) is 4.57 Å². The summed E-state index contributed by atoms with van der Waals surface area (Å²) in [5.74, 6) is -1.03. The zero-order valence-corrected chi connectivity index (χ0v) is 9.71. The van der Waals surface area contributed by atoms with Crippen LogP contribution in [0.1, 0.15) is 10.5 Å². The lowest BCUT2D eigenvalue weighted by molar-refractivity contribution is -0.383. The number of nitro groups is 1. The number of methoxy groups -OCH3 is 1. The average Bonchev–Trinajstić information content (AvgIpc) is 2.65. The van der Waals surface area contributed by atoms with Crippen LogP contribution < -0.4 is 4.74 Å². The molecule has 0 saturated heterocycles. The van der Waals surface area contributed by atoms with Gasteiger partial charge in [-0.15, -0.1) is 0 Å². The normalized spacial score (nSPS) is 10.6. The number of ether oxygens (including phenoxy) is 1. The van der Waals surface area contributed by atoms with Crippen LogP contribution in [0.3, 0.4) is 0 Å². The molecule has 1 aromatic heterocycles. The van der Waals surface area contributed by atoms with Crippen molar-refractivity contribution in [2.45, 2.75) is 0 Å². The van der Waals surface area contributed by atoms with Crippen LogP contribution in [-0.4, -0.2) is 27.7 Å². The van der Waals surface area contributed by atoms with E-state index in [4.69, 9.17) is 9.84 Å². The Morgan fingerprint density at radius 3 is 2.67 bits per heavy atom. The second kappa shape index (κ2) is 4.02. The van der Waals surface area contributed by atoms with Crippen LogP contribution in [0.4, 0.5) is 5.69 Å². The zero-order valence-electron chi connectivity index (χ0n) is 9.71. The molecule has 1 N–H and O–H groups in total. The number of fused-ring (bicyclic) bond motifs is 1. The summed E-state index contributed by atoms with van der Waals surface area (Å²) in [4.78, 5) is 21.5. The summed E-state index contributed by atoms with van der Waals surface area (Å²) >= 11 is 0. The molecular weight excluding hydrogens is 240 g/mol. The van der Waals surface area contributed by atoms with Crippen molar-refractivity contribution in [3.8, 4) is 5.75 Å². The van der Waals surface area contributed by atoms with Crippen LogP contribution in [0, 0.1) is 10.1 Å². The maximum Gasteiger partial charge on any atom is 0.352 e. The quantitative estimate of drug-likeness (QED) is 0.661. The molecule has 0 fully saturated rings. The predicted molar refractivity (Wildman–Crippen MR) is 63.1 cm³/mol. The first-order chi connectivity index (χ1) is 8.47. The number of nitrogens with zero attached hydrogens (tertiary/aromatic N) is 2. The summed E-state index contributed by atoms with van der Waals surface area (Å²) in [6, 6.07) is 4.32. The van der Waals surface area contributed by atoms with Gasteiger partial charge in [-0.2, -0.15) is 0 Å². The fourth-order valence-electron chi connectivity index (χ4n) is 1.93. The van der Waals surface area contributed by atoms with Crippen LogP contribution >= 0.6 is 0 Å². The van der Waals surface area contributed by atoms with Crippen molar-refractivity contribution in [1.29, 1.82) is 0 Å². The first kappa shape index (κ1) is 11.9. The third-order valence-corrected chi connectivity index (χ3v) is 2.78. The number of aromatic carboxylic acids is 1. The Morgan fingerprint density at radius 1 is 1.50 bits per heavy atom. The van der Waals surface area contributed by atoms with E-state index in [1.807, 2.05) is 0 Å². The zero-order chi connectivity index (χ0) is 13.4. The topological polar surface area (TPSA) is 94.6 Å². The molecule has 7 nitrogen and oxygen atoms in total. The molecule has 0 unspecified atom stereocenters. The Hall–Kier alpha value is -2.57. The van der Waals surface area contributed by atoms with Crippen LogP contribution in [-0.2, 0) is 7.05 Å². The van der Waals surface area contributed by atoms with Crippen LogP contribution in [0.15, 0.2) is 18.2 Å². The largest absolute Gasteiger partial charge is 0.490 e. The van der Waals surface area contributed by atoms with Crippen molar-refractivity contribution < 1.29 is 19.6 Å². The van der Waals surface area contributed by atoms with Crippen molar-refractivity contribution in [2.75, 3.05) is 7.11 Å². The molecule has 0 spiro atoms. The third kappa shape index (κ3) is 1.56. The van der Waals surface area contributed by atoms with E-state index < -0.39 is 10.9 Å². The lowest BCUT2D eigenvalue weighted by Crippen LogP contribution is -2.03. The van der Waals surface area contributed by atoms with Crippen molar-refractivity contribution in [3.05, 3.63) is 34.0 Å². The van der Waals surface area contributed by atoms with Gasteiger partial charge in [-0.3, -0.25) is 10.1 Å². The second-order valence-corrected chi connectivity index (χ2v) is 3.70. The van der Waals surface area contributed by atoms with Gasteiger partial charge in [0.25, 0.3) is 0 Å². The Labute approximate surface area is 101 Å². The molecule has 7 heteroatoms. The van der Waals surface area contributed by atoms with Crippen LogP contribution in [0.5, 0.6) is 5.75 Å². The molecule has 2 rings (SSSR count). The first-order valence-electron chi connectivity index (χ1n) is 5.01. The maximum absolute atomic E-state index is 11.1. The van der Waals surface area contributed by atoms with Gasteiger partial charge < -0.3 is 14.4 Å². The molecule has 0 saturated carbocycles. The lowest BCUT2D eigenvalue weighted by atomic mass is 10.2. The highest BCUT2D eigenvalue weighted by Crippen LogP contribution is 2.36. The number of aromatic nitrogens is 1.